The zero-order chi connectivity index (χ0) is 14.6. The van der Waals surface area contributed by atoms with Crippen LogP contribution in [0, 0.1) is 0 Å². The van der Waals surface area contributed by atoms with E-state index in [-0.39, 0.29) is 5.97 Å². The van der Waals surface area contributed by atoms with Gasteiger partial charge < -0.3 is 13.6 Å². The lowest BCUT2D eigenvalue weighted by molar-refractivity contribution is -0.143. The molecule has 0 aliphatic rings. The van der Waals surface area contributed by atoms with Gasteiger partial charge in [-0.3, -0.25) is 4.79 Å². The summed E-state index contributed by atoms with van der Waals surface area (Å²) in [6.07, 6.45) is 7.44. The first-order chi connectivity index (χ1) is 9.08. The molecule has 19 heavy (non-hydrogen) atoms. The zero-order valence-corrected chi connectivity index (χ0v) is 14.0. The SMILES string of the molecule is CCC(=O)OCCCCCCCC[Si](C)(OC)OC. The summed E-state index contributed by atoms with van der Waals surface area (Å²) in [6, 6.07) is 1.06. The average molecular weight is 290 g/mol. The summed E-state index contributed by atoms with van der Waals surface area (Å²) in [4.78, 5) is 10.9. The molecule has 0 aromatic heterocycles. The van der Waals surface area contributed by atoms with E-state index in [1.165, 1.54) is 25.7 Å². The number of unbranched alkanes of at least 4 members (excludes halogenated alkanes) is 5. The maximum atomic E-state index is 10.9. The monoisotopic (exact) mass is 290 g/mol. The summed E-state index contributed by atoms with van der Waals surface area (Å²) < 4.78 is 15.9. The van der Waals surface area contributed by atoms with Gasteiger partial charge in [0.2, 0.25) is 0 Å². The van der Waals surface area contributed by atoms with Crippen LogP contribution in [-0.2, 0) is 18.4 Å². The molecule has 0 fully saturated rings. The molecule has 0 saturated heterocycles. The van der Waals surface area contributed by atoms with Crippen LogP contribution in [0.5, 0.6) is 0 Å². The molecule has 0 amide bonds. The molecule has 0 aliphatic carbocycles. The Hall–Kier alpha value is -0.393. The van der Waals surface area contributed by atoms with Crippen LogP contribution < -0.4 is 0 Å². The van der Waals surface area contributed by atoms with Gasteiger partial charge in [-0.05, 0) is 19.0 Å². The van der Waals surface area contributed by atoms with Crippen LogP contribution in [0.1, 0.15) is 51.9 Å². The minimum absolute atomic E-state index is 0.0941. The minimum Gasteiger partial charge on any atom is -0.466 e. The van der Waals surface area contributed by atoms with E-state index in [1.807, 2.05) is 6.92 Å². The van der Waals surface area contributed by atoms with Gasteiger partial charge >= 0.3 is 14.5 Å². The second-order valence-electron chi connectivity index (χ2n) is 4.99. The summed E-state index contributed by atoms with van der Waals surface area (Å²) in [5.74, 6) is -0.0941. The quantitative estimate of drug-likeness (QED) is 0.313. The molecule has 0 N–H and O–H groups in total. The maximum Gasteiger partial charge on any atom is 0.334 e. The second kappa shape index (κ2) is 11.4. The highest BCUT2D eigenvalue weighted by Crippen LogP contribution is 2.17. The topological polar surface area (TPSA) is 44.8 Å². The first kappa shape index (κ1) is 18.6. The number of hydrogen-bond donors (Lipinski definition) is 0. The molecule has 0 radical (unpaired) electrons. The number of carbonyl (C=O) groups excluding carboxylic acids is 1. The Morgan fingerprint density at radius 1 is 0.947 bits per heavy atom. The maximum absolute atomic E-state index is 10.9. The smallest absolute Gasteiger partial charge is 0.334 e. The third-order valence-electron chi connectivity index (χ3n) is 3.44. The van der Waals surface area contributed by atoms with E-state index in [9.17, 15) is 4.79 Å². The molecule has 114 valence electrons. The fourth-order valence-electron chi connectivity index (χ4n) is 1.83. The van der Waals surface area contributed by atoms with E-state index >= 15 is 0 Å². The third-order valence-corrected chi connectivity index (χ3v) is 6.43. The van der Waals surface area contributed by atoms with Crippen LogP contribution in [0.25, 0.3) is 0 Å². The van der Waals surface area contributed by atoms with Crippen molar-refractivity contribution in [3.8, 4) is 0 Å². The van der Waals surface area contributed by atoms with Crippen molar-refractivity contribution >= 4 is 14.5 Å². The van der Waals surface area contributed by atoms with Crippen molar-refractivity contribution in [2.75, 3.05) is 20.8 Å². The molecule has 0 spiro atoms. The van der Waals surface area contributed by atoms with Crippen molar-refractivity contribution in [2.45, 2.75) is 64.5 Å². The van der Waals surface area contributed by atoms with Crippen molar-refractivity contribution in [1.82, 2.24) is 0 Å². The summed E-state index contributed by atoms with van der Waals surface area (Å²) in [5, 5.41) is 0. The number of rotatable bonds is 12. The van der Waals surface area contributed by atoms with Gasteiger partial charge in [-0.15, -0.1) is 0 Å². The third kappa shape index (κ3) is 10.1. The fourth-order valence-corrected chi connectivity index (χ4v) is 3.30. The lowest BCUT2D eigenvalue weighted by atomic mass is 10.1. The molecule has 0 aromatic carbocycles. The lowest BCUT2D eigenvalue weighted by Crippen LogP contribution is -2.35. The number of carbonyl (C=O) groups is 1. The van der Waals surface area contributed by atoms with E-state index in [0.717, 1.165) is 18.9 Å². The van der Waals surface area contributed by atoms with Crippen molar-refractivity contribution in [1.29, 1.82) is 0 Å². The van der Waals surface area contributed by atoms with E-state index in [4.69, 9.17) is 13.6 Å². The average Bonchev–Trinajstić information content (AvgIpc) is 2.44. The van der Waals surface area contributed by atoms with Crippen molar-refractivity contribution in [2.24, 2.45) is 0 Å². The number of hydrogen-bond acceptors (Lipinski definition) is 4. The molecule has 0 bridgehead atoms. The molecule has 0 atom stereocenters. The number of esters is 1. The van der Waals surface area contributed by atoms with Gasteiger partial charge in [0.15, 0.2) is 0 Å². The Balaban J connectivity index is 3.30. The van der Waals surface area contributed by atoms with E-state index in [2.05, 4.69) is 6.55 Å². The lowest BCUT2D eigenvalue weighted by Gasteiger charge is -2.22. The standard InChI is InChI=1S/C14H30O4Si/c1-5-14(15)18-12-10-8-6-7-9-11-13-19(4,16-2)17-3/h5-13H2,1-4H3. The molecule has 0 saturated carbocycles. The molecule has 5 heteroatoms. The largest absolute Gasteiger partial charge is 0.466 e. The van der Waals surface area contributed by atoms with Gasteiger partial charge in [-0.2, -0.15) is 0 Å². The minimum atomic E-state index is -1.85. The van der Waals surface area contributed by atoms with Gasteiger partial charge in [-0.25, -0.2) is 0 Å². The highest BCUT2D eigenvalue weighted by molar-refractivity contribution is 6.65. The Morgan fingerprint density at radius 2 is 1.47 bits per heavy atom. The van der Waals surface area contributed by atoms with Crippen molar-refractivity contribution < 1.29 is 18.4 Å². The molecule has 0 aliphatic heterocycles. The zero-order valence-electron chi connectivity index (χ0n) is 13.0. The summed E-state index contributed by atoms with van der Waals surface area (Å²) >= 11 is 0. The Morgan fingerprint density at radius 3 is 2.00 bits per heavy atom. The Bertz CT molecular complexity index is 229. The molecule has 4 nitrogen and oxygen atoms in total. The van der Waals surface area contributed by atoms with Crippen molar-refractivity contribution in [3.63, 3.8) is 0 Å². The van der Waals surface area contributed by atoms with E-state index in [1.54, 1.807) is 14.2 Å². The van der Waals surface area contributed by atoms with Crippen molar-refractivity contribution in [3.05, 3.63) is 0 Å². The van der Waals surface area contributed by atoms with Gasteiger partial charge in [0, 0.05) is 20.6 Å². The predicted molar refractivity (Wildman–Crippen MR) is 79.4 cm³/mol. The van der Waals surface area contributed by atoms with Crippen LogP contribution in [0.4, 0.5) is 0 Å². The van der Waals surface area contributed by atoms with Crippen LogP contribution in [0.15, 0.2) is 0 Å². The van der Waals surface area contributed by atoms with Crippen LogP contribution in [0.2, 0.25) is 12.6 Å². The highest BCUT2D eigenvalue weighted by atomic mass is 28.4. The first-order valence-electron chi connectivity index (χ1n) is 7.34. The molecule has 0 heterocycles. The molecule has 0 rings (SSSR count). The van der Waals surface area contributed by atoms with Gasteiger partial charge in [0.25, 0.3) is 0 Å². The number of ether oxygens (including phenoxy) is 1. The molecular formula is C14H30O4Si. The van der Waals surface area contributed by atoms with E-state index in [0.29, 0.717) is 13.0 Å². The van der Waals surface area contributed by atoms with Gasteiger partial charge in [0.1, 0.15) is 0 Å². The highest BCUT2D eigenvalue weighted by Gasteiger charge is 2.27. The Kier molecular flexibility index (Phi) is 11.2. The Labute approximate surface area is 119 Å². The summed E-state index contributed by atoms with van der Waals surface area (Å²) in [7, 11) is 1.63. The predicted octanol–water partition coefficient (Wildman–Crippen LogP) is 3.65. The second-order valence-corrected chi connectivity index (χ2v) is 8.57. The molecular weight excluding hydrogens is 260 g/mol. The van der Waals surface area contributed by atoms with E-state index < -0.39 is 8.56 Å². The first-order valence-corrected chi connectivity index (χ1v) is 9.86. The molecule has 0 unspecified atom stereocenters. The van der Waals surface area contributed by atoms with Gasteiger partial charge in [0.05, 0.1) is 6.61 Å². The van der Waals surface area contributed by atoms with Crippen LogP contribution >= 0.6 is 0 Å². The van der Waals surface area contributed by atoms with Crippen LogP contribution in [0.3, 0.4) is 0 Å². The fraction of sp³-hybridized carbons (Fsp3) is 0.929. The normalized spacial score (nSPS) is 11.6. The summed E-state index contributed by atoms with van der Waals surface area (Å²) in [5.41, 5.74) is 0. The van der Waals surface area contributed by atoms with Crippen LogP contribution in [-0.4, -0.2) is 35.4 Å². The molecule has 0 aromatic rings. The summed E-state index contributed by atoms with van der Waals surface area (Å²) in [6.45, 7) is 4.50. The van der Waals surface area contributed by atoms with Gasteiger partial charge in [-0.1, -0.05) is 39.0 Å².